The van der Waals surface area contributed by atoms with Crippen molar-refractivity contribution in [1.82, 2.24) is 19.7 Å². The lowest BCUT2D eigenvalue weighted by Gasteiger charge is -2.34. The second-order valence-electron chi connectivity index (χ2n) is 10.0. The smallest absolute Gasteiger partial charge is 0.410 e. The number of carbonyl (C=O) groups excluding carboxylic acids is 1. The number of thioether (sulfide) groups is 1. The van der Waals surface area contributed by atoms with Crippen LogP contribution in [0.15, 0.2) is 34.6 Å². The lowest BCUT2D eigenvalue weighted by molar-refractivity contribution is 0.0219. The maximum atomic E-state index is 12.4. The molecule has 36 heavy (non-hydrogen) atoms. The number of hydrogen-bond acceptors (Lipinski definition) is 9. The van der Waals surface area contributed by atoms with E-state index in [4.69, 9.17) is 15.0 Å². The fourth-order valence-corrected chi connectivity index (χ4v) is 5.50. The first kappa shape index (κ1) is 28.0. The highest BCUT2D eigenvalue weighted by Crippen LogP contribution is 2.30. The molecule has 9 nitrogen and oxygen atoms in total. The molecule has 0 aromatic carbocycles. The molecule has 2 saturated heterocycles. The summed E-state index contributed by atoms with van der Waals surface area (Å²) in [5, 5.41) is 14.1. The van der Waals surface area contributed by atoms with Crippen molar-refractivity contribution in [2.24, 2.45) is 4.99 Å². The number of anilines is 1. The van der Waals surface area contributed by atoms with Gasteiger partial charge in [-0.05, 0) is 53.7 Å². The van der Waals surface area contributed by atoms with Gasteiger partial charge in [0, 0.05) is 50.2 Å². The van der Waals surface area contributed by atoms with Crippen LogP contribution in [0.5, 0.6) is 0 Å². The van der Waals surface area contributed by atoms with Gasteiger partial charge in [0.15, 0.2) is 5.13 Å². The molecule has 196 valence electrons. The standard InChI is InChI=1S/C25H37N7O2S2/c1-18(28-23-27-17-21(16-26)36-23)15-22(31-13-11-30(6)12-14-31)29-19(2)35-20-7-9-32(10-8-20)24(33)34-25(3,4)5/h15,17,20H,2,7-14H2,1,3-6H3,(H,27,28)/b18-15+,29-22+. The number of nitriles is 1. The number of aromatic nitrogens is 1. The summed E-state index contributed by atoms with van der Waals surface area (Å²) in [7, 11) is 2.13. The molecule has 0 atom stereocenters. The Kier molecular flexibility index (Phi) is 9.82. The quantitative estimate of drug-likeness (QED) is 0.421. The molecule has 3 rings (SSSR count). The number of carbonyl (C=O) groups is 1. The Hall–Kier alpha value is -2.55. The summed E-state index contributed by atoms with van der Waals surface area (Å²) in [6, 6.07) is 2.12. The normalized spacial score (nSPS) is 18.7. The lowest BCUT2D eigenvalue weighted by atomic mass is 10.1. The maximum Gasteiger partial charge on any atom is 0.410 e. The van der Waals surface area contributed by atoms with E-state index >= 15 is 0 Å². The third kappa shape index (κ3) is 8.84. The van der Waals surface area contributed by atoms with Crippen LogP contribution in [0.1, 0.15) is 45.4 Å². The van der Waals surface area contributed by atoms with E-state index in [1.165, 1.54) is 11.3 Å². The first-order valence-corrected chi connectivity index (χ1v) is 13.9. The van der Waals surface area contributed by atoms with Crippen molar-refractivity contribution in [1.29, 1.82) is 5.26 Å². The summed E-state index contributed by atoms with van der Waals surface area (Å²) in [6.45, 7) is 17.0. The van der Waals surface area contributed by atoms with Crippen LogP contribution in [-0.2, 0) is 4.74 Å². The Balaban J connectivity index is 1.63. The molecular weight excluding hydrogens is 494 g/mol. The van der Waals surface area contributed by atoms with Crippen LogP contribution in [0.25, 0.3) is 0 Å². The molecular formula is C25H37N7O2S2. The Morgan fingerprint density at radius 1 is 1.28 bits per heavy atom. The summed E-state index contributed by atoms with van der Waals surface area (Å²) < 4.78 is 5.51. The van der Waals surface area contributed by atoms with Gasteiger partial charge >= 0.3 is 6.09 Å². The number of allylic oxidation sites excluding steroid dienone is 1. The van der Waals surface area contributed by atoms with Crippen LogP contribution >= 0.6 is 23.1 Å². The molecule has 1 aromatic heterocycles. The fourth-order valence-electron chi connectivity index (χ4n) is 3.84. The third-order valence-corrected chi connectivity index (χ3v) is 7.71. The van der Waals surface area contributed by atoms with Gasteiger partial charge in [-0.25, -0.2) is 14.8 Å². The van der Waals surface area contributed by atoms with Crippen molar-refractivity contribution in [3.05, 3.63) is 34.5 Å². The molecule has 0 spiro atoms. The number of hydrogen-bond donors (Lipinski definition) is 1. The van der Waals surface area contributed by atoms with Gasteiger partial charge < -0.3 is 24.8 Å². The Morgan fingerprint density at radius 3 is 2.53 bits per heavy atom. The highest BCUT2D eigenvalue weighted by atomic mass is 32.2. The van der Waals surface area contributed by atoms with E-state index < -0.39 is 5.60 Å². The molecule has 0 bridgehead atoms. The SMILES string of the molecule is C=C(/N=C(\C=C(/C)Nc1ncc(C#N)s1)N1CCN(C)CC1)SC1CCN(C(=O)OC(C)(C)C)CC1. The van der Waals surface area contributed by atoms with E-state index in [1.54, 1.807) is 22.9 Å². The van der Waals surface area contributed by atoms with Gasteiger partial charge in [0.25, 0.3) is 0 Å². The zero-order valence-corrected chi connectivity index (χ0v) is 23.5. The molecule has 2 fully saturated rings. The highest BCUT2D eigenvalue weighted by Gasteiger charge is 2.27. The largest absolute Gasteiger partial charge is 0.444 e. The molecule has 11 heteroatoms. The maximum absolute atomic E-state index is 12.4. The van der Waals surface area contributed by atoms with E-state index in [0.29, 0.717) is 28.3 Å². The van der Waals surface area contributed by atoms with Gasteiger partial charge in [0.1, 0.15) is 22.4 Å². The number of nitrogens with zero attached hydrogens (tertiary/aromatic N) is 6. The van der Waals surface area contributed by atoms with Gasteiger partial charge in [-0.15, -0.1) is 11.8 Å². The summed E-state index contributed by atoms with van der Waals surface area (Å²) in [5.41, 5.74) is 0.415. The molecule has 0 aliphatic carbocycles. The minimum absolute atomic E-state index is 0.240. The summed E-state index contributed by atoms with van der Waals surface area (Å²) >= 11 is 3.01. The van der Waals surface area contributed by atoms with Crippen LogP contribution < -0.4 is 5.32 Å². The van der Waals surface area contributed by atoms with Crippen molar-refractivity contribution in [2.75, 3.05) is 51.6 Å². The first-order chi connectivity index (χ1) is 17.0. The fraction of sp³-hybridized carbons (Fsp3) is 0.600. The van der Waals surface area contributed by atoms with Crippen molar-refractivity contribution in [3.8, 4) is 6.07 Å². The Morgan fingerprint density at radius 2 is 1.94 bits per heavy atom. The predicted molar refractivity (Wildman–Crippen MR) is 148 cm³/mol. The number of aliphatic imine (C=N–C) groups is 1. The Labute approximate surface area is 222 Å². The first-order valence-electron chi connectivity index (χ1n) is 12.2. The predicted octanol–water partition coefficient (Wildman–Crippen LogP) is 4.58. The van der Waals surface area contributed by atoms with Crippen LogP contribution in [-0.4, -0.2) is 88.8 Å². The van der Waals surface area contributed by atoms with Crippen molar-refractivity contribution in [2.45, 2.75) is 51.4 Å². The number of rotatable bonds is 6. The number of piperidine rings is 1. The number of piperazine rings is 1. The molecule has 2 aliphatic heterocycles. The molecule has 1 aromatic rings. The Bertz CT molecular complexity index is 1020. The van der Waals surface area contributed by atoms with Gasteiger partial charge in [0.2, 0.25) is 0 Å². The zero-order chi connectivity index (χ0) is 26.3. The van der Waals surface area contributed by atoms with E-state index in [2.05, 4.69) is 39.8 Å². The van der Waals surface area contributed by atoms with E-state index in [0.717, 1.165) is 55.6 Å². The minimum Gasteiger partial charge on any atom is -0.444 e. The second kappa shape index (κ2) is 12.6. The van der Waals surface area contributed by atoms with Gasteiger partial charge in [-0.1, -0.05) is 17.9 Å². The van der Waals surface area contributed by atoms with Gasteiger partial charge in [-0.2, -0.15) is 5.26 Å². The number of thiazole rings is 1. The lowest BCUT2D eigenvalue weighted by Crippen LogP contribution is -2.46. The number of likely N-dealkylation sites (N-methyl/N-ethyl adjacent to an activating group) is 1. The number of nitrogens with one attached hydrogen (secondary N) is 1. The average Bonchev–Trinajstić information content (AvgIpc) is 3.26. The van der Waals surface area contributed by atoms with Crippen LogP contribution in [0.2, 0.25) is 0 Å². The molecule has 2 aliphatic rings. The van der Waals surface area contributed by atoms with Crippen molar-refractivity contribution < 1.29 is 9.53 Å². The van der Waals surface area contributed by atoms with Gasteiger partial charge in [-0.3, -0.25) is 0 Å². The van der Waals surface area contributed by atoms with E-state index in [9.17, 15) is 4.79 Å². The van der Waals surface area contributed by atoms with E-state index in [1.807, 2.05) is 33.8 Å². The topological polar surface area (TPSA) is 97.1 Å². The number of ether oxygens (including phenoxy) is 1. The van der Waals surface area contributed by atoms with E-state index in [-0.39, 0.29) is 6.09 Å². The molecule has 0 saturated carbocycles. The highest BCUT2D eigenvalue weighted by molar-refractivity contribution is 8.03. The third-order valence-electron chi connectivity index (χ3n) is 5.73. The van der Waals surface area contributed by atoms with Crippen molar-refractivity contribution >= 4 is 40.2 Å². The monoisotopic (exact) mass is 531 g/mol. The zero-order valence-electron chi connectivity index (χ0n) is 21.9. The summed E-state index contributed by atoms with van der Waals surface area (Å²) in [5.74, 6) is 0.869. The van der Waals surface area contributed by atoms with Gasteiger partial charge in [0.05, 0.1) is 11.2 Å². The molecule has 3 heterocycles. The number of amides is 1. The van der Waals surface area contributed by atoms with Crippen LogP contribution in [0.3, 0.4) is 0 Å². The summed E-state index contributed by atoms with van der Waals surface area (Å²) in [4.78, 5) is 28.5. The second-order valence-corrected chi connectivity index (χ2v) is 12.4. The van der Waals surface area contributed by atoms with Crippen molar-refractivity contribution in [3.63, 3.8) is 0 Å². The van der Waals surface area contributed by atoms with Crippen LogP contribution in [0, 0.1) is 11.3 Å². The number of likely N-dealkylation sites (tertiary alicyclic amines) is 1. The minimum atomic E-state index is -0.483. The molecule has 0 radical (unpaired) electrons. The number of amidine groups is 1. The molecule has 1 amide bonds. The average molecular weight is 532 g/mol. The molecule has 0 unspecified atom stereocenters. The molecule has 1 N–H and O–H groups in total. The summed E-state index contributed by atoms with van der Waals surface area (Å²) in [6.07, 6.45) is 5.11. The van der Waals surface area contributed by atoms with Crippen LogP contribution in [0.4, 0.5) is 9.93 Å².